The third-order valence-corrected chi connectivity index (χ3v) is 5.63. The Morgan fingerprint density at radius 1 is 1.27 bits per heavy atom. The van der Waals surface area contributed by atoms with E-state index < -0.39 is 5.97 Å². The molecule has 2 amide bonds. The number of carbonyl (C=O) groups is 2. The zero-order valence-electron chi connectivity index (χ0n) is 15.4. The van der Waals surface area contributed by atoms with Crippen LogP contribution in [0.3, 0.4) is 0 Å². The van der Waals surface area contributed by atoms with Gasteiger partial charge in [-0.1, -0.05) is 19.8 Å². The number of rotatable bonds is 8. The predicted octanol–water partition coefficient (Wildman–Crippen LogP) is 2.67. The van der Waals surface area contributed by atoms with Gasteiger partial charge in [0.2, 0.25) is 0 Å². The summed E-state index contributed by atoms with van der Waals surface area (Å²) >= 11 is 0. The lowest BCUT2D eigenvalue weighted by molar-refractivity contribution is -0.139. The van der Waals surface area contributed by atoms with Gasteiger partial charge in [-0.25, -0.2) is 4.79 Å². The maximum atomic E-state index is 12.8. The van der Waals surface area contributed by atoms with Crippen LogP contribution in [-0.4, -0.2) is 58.1 Å². The van der Waals surface area contributed by atoms with Gasteiger partial charge in [-0.15, -0.1) is 0 Å². The zero-order valence-corrected chi connectivity index (χ0v) is 15.4. The summed E-state index contributed by atoms with van der Waals surface area (Å²) in [5, 5.41) is 12.1. The van der Waals surface area contributed by atoms with Crippen LogP contribution in [0.2, 0.25) is 0 Å². The first-order valence-corrected chi connectivity index (χ1v) is 9.62. The van der Waals surface area contributed by atoms with Gasteiger partial charge in [-0.05, 0) is 44.4 Å². The Hall–Kier alpha value is -2.02. The molecule has 0 saturated heterocycles. The van der Waals surface area contributed by atoms with Gasteiger partial charge < -0.3 is 19.7 Å². The molecular formula is C19H29N3O4. The van der Waals surface area contributed by atoms with Crippen LogP contribution in [0.15, 0.2) is 22.8 Å². The molecule has 2 N–H and O–H groups in total. The van der Waals surface area contributed by atoms with Crippen molar-refractivity contribution in [2.75, 3.05) is 13.1 Å². The Kier molecular flexibility index (Phi) is 6.19. The lowest BCUT2D eigenvalue weighted by Gasteiger charge is -2.43. The van der Waals surface area contributed by atoms with Crippen molar-refractivity contribution in [1.82, 2.24) is 15.1 Å². The zero-order chi connectivity index (χ0) is 18.5. The molecular weight excluding hydrogens is 334 g/mol. The number of furan rings is 1. The number of urea groups is 1. The molecule has 1 aromatic heterocycles. The number of amides is 2. The Balaban J connectivity index is 1.52. The van der Waals surface area contributed by atoms with Crippen LogP contribution in [-0.2, 0) is 11.3 Å². The van der Waals surface area contributed by atoms with Crippen LogP contribution < -0.4 is 5.32 Å². The number of hydrogen-bond acceptors (Lipinski definition) is 4. The number of nitrogens with zero attached hydrogens (tertiary/aromatic N) is 2. The highest BCUT2D eigenvalue weighted by Gasteiger charge is 2.36. The van der Waals surface area contributed by atoms with E-state index in [1.54, 1.807) is 6.26 Å². The number of carbonyl (C=O) groups excluding carboxylic acids is 1. The summed E-state index contributed by atoms with van der Waals surface area (Å²) in [7, 11) is 0. The quantitative estimate of drug-likeness (QED) is 0.742. The van der Waals surface area contributed by atoms with Crippen LogP contribution in [0.4, 0.5) is 4.79 Å². The van der Waals surface area contributed by atoms with Crippen molar-refractivity contribution in [1.29, 1.82) is 0 Å². The lowest BCUT2D eigenvalue weighted by atomic mass is 9.85. The second kappa shape index (κ2) is 8.58. The maximum Gasteiger partial charge on any atom is 0.318 e. The average molecular weight is 363 g/mol. The minimum Gasteiger partial charge on any atom is -0.480 e. The second-order valence-electron chi connectivity index (χ2n) is 7.37. The predicted molar refractivity (Wildman–Crippen MR) is 96.7 cm³/mol. The molecule has 0 spiro atoms. The topological polar surface area (TPSA) is 86.0 Å². The first-order chi connectivity index (χ1) is 12.6. The van der Waals surface area contributed by atoms with E-state index in [-0.39, 0.29) is 30.7 Å². The van der Waals surface area contributed by atoms with Crippen LogP contribution in [0.1, 0.15) is 51.2 Å². The first-order valence-electron chi connectivity index (χ1n) is 9.62. The Bertz CT molecular complexity index is 592. The van der Waals surface area contributed by atoms with E-state index >= 15 is 0 Å². The van der Waals surface area contributed by atoms with E-state index in [2.05, 4.69) is 5.32 Å². The van der Waals surface area contributed by atoms with Gasteiger partial charge in [0.25, 0.3) is 0 Å². The van der Waals surface area contributed by atoms with E-state index in [1.165, 1.54) is 12.8 Å². The van der Waals surface area contributed by atoms with Gasteiger partial charge in [0.05, 0.1) is 19.4 Å². The van der Waals surface area contributed by atoms with Crippen molar-refractivity contribution in [3.05, 3.63) is 24.2 Å². The highest BCUT2D eigenvalue weighted by molar-refractivity contribution is 5.75. The smallest absolute Gasteiger partial charge is 0.318 e. The molecule has 2 aliphatic carbocycles. The van der Waals surface area contributed by atoms with Gasteiger partial charge >= 0.3 is 12.0 Å². The molecule has 0 radical (unpaired) electrons. The molecule has 2 aliphatic rings. The molecule has 2 fully saturated rings. The van der Waals surface area contributed by atoms with Crippen molar-refractivity contribution in [3.63, 3.8) is 0 Å². The number of hydrogen-bond donors (Lipinski definition) is 2. The van der Waals surface area contributed by atoms with Gasteiger partial charge in [-0.2, -0.15) is 0 Å². The minimum absolute atomic E-state index is 0.0296. The van der Waals surface area contributed by atoms with Crippen LogP contribution in [0.25, 0.3) is 0 Å². The van der Waals surface area contributed by atoms with Crippen molar-refractivity contribution >= 4 is 12.0 Å². The summed E-state index contributed by atoms with van der Waals surface area (Å²) in [6.45, 7) is 3.25. The fourth-order valence-corrected chi connectivity index (χ4v) is 4.09. The van der Waals surface area contributed by atoms with Crippen molar-refractivity contribution < 1.29 is 19.1 Å². The highest BCUT2D eigenvalue weighted by atomic mass is 16.4. The molecule has 2 saturated carbocycles. The summed E-state index contributed by atoms with van der Waals surface area (Å²) in [6.07, 6.45) is 7.68. The SMILES string of the molecule is CCN(CC(=O)O)C1CC(NC(=O)N(Cc2ccco2)C2CCCC2)C1. The summed E-state index contributed by atoms with van der Waals surface area (Å²) < 4.78 is 5.44. The summed E-state index contributed by atoms with van der Waals surface area (Å²) in [5.74, 6) is 0.00217. The van der Waals surface area contributed by atoms with Crippen molar-refractivity contribution in [3.8, 4) is 0 Å². The van der Waals surface area contributed by atoms with Crippen LogP contribution in [0.5, 0.6) is 0 Å². The number of aliphatic carboxylic acids is 1. The van der Waals surface area contributed by atoms with Crippen LogP contribution in [0, 0.1) is 0 Å². The molecule has 0 aromatic carbocycles. The summed E-state index contributed by atoms with van der Waals surface area (Å²) in [4.78, 5) is 27.7. The summed E-state index contributed by atoms with van der Waals surface area (Å²) in [5.41, 5.74) is 0. The third kappa shape index (κ3) is 4.58. The molecule has 144 valence electrons. The molecule has 0 atom stereocenters. The minimum atomic E-state index is -0.801. The molecule has 0 bridgehead atoms. The van der Waals surface area contributed by atoms with Crippen molar-refractivity contribution in [2.24, 2.45) is 0 Å². The molecule has 7 heteroatoms. The molecule has 1 heterocycles. The average Bonchev–Trinajstić information content (AvgIpc) is 3.26. The van der Waals surface area contributed by atoms with E-state index in [9.17, 15) is 9.59 Å². The summed E-state index contributed by atoms with van der Waals surface area (Å²) in [6, 6.07) is 4.35. The number of likely N-dealkylation sites (N-methyl/N-ethyl adjacent to an activating group) is 1. The monoisotopic (exact) mass is 363 g/mol. The Morgan fingerprint density at radius 2 is 2.00 bits per heavy atom. The fraction of sp³-hybridized carbons (Fsp3) is 0.684. The van der Waals surface area contributed by atoms with E-state index in [4.69, 9.17) is 9.52 Å². The Labute approximate surface area is 154 Å². The maximum absolute atomic E-state index is 12.8. The van der Waals surface area contributed by atoms with Gasteiger partial charge in [0.1, 0.15) is 5.76 Å². The van der Waals surface area contributed by atoms with Gasteiger partial charge in [0.15, 0.2) is 0 Å². The largest absolute Gasteiger partial charge is 0.480 e. The normalized spacial score (nSPS) is 23.0. The van der Waals surface area contributed by atoms with E-state index in [0.29, 0.717) is 13.1 Å². The molecule has 1 aromatic rings. The van der Waals surface area contributed by atoms with Gasteiger partial charge in [0, 0.05) is 18.1 Å². The number of carboxylic acids is 1. The third-order valence-electron chi connectivity index (χ3n) is 5.63. The highest BCUT2D eigenvalue weighted by Crippen LogP contribution is 2.28. The van der Waals surface area contributed by atoms with Crippen LogP contribution >= 0.6 is 0 Å². The molecule has 0 unspecified atom stereocenters. The standard InChI is InChI=1S/C19H29N3O4/c1-2-21(13-18(23)24)16-10-14(11-16)20-19(25)22(15-6-3-4-7-15)12-17-8-5-9-26-17/h5,8-9,14-16H,2-4,6-7,10-13H2,1H3,(H,20,25)(H,23,24). The number of carboxylic acid groups (broad SMARTS) is 1. The van der Waals surface area contributed by atoms with Crippen molar-refractivity contribution in [2.45, 2.75) is 70.1 Å². The second-order valence-corrected chi connectivity index (χ2v) is 7.37. The molecule has 3 rings (SSSR count). The van der Waals surface area contributed by atoms with E-state index in [1.807, 2.05) is 28.9 Å². The van der Waals surface area contributed by atoms with E-state index in [0.717, 1.165) is 31.4 Å². The molecule has 0 aliphatic heterocycles. The molecule has 26 heavy (non-hydrogen) atoms. The van der Waals surface area contributed by atoms with Gasteiger partial charge in [-0.3, -0.25) is 9.69 Å². The first kappa shape index (κ1) is 18.8. The molecule has 7 nitrogen and oxygen atoms in total. The number of nitrogens with one attached hydrogen (secondary N) is 1. The Morgan fingerprint density at radius 3 is 2.58 bits per heavy atom. The fourth-order valence-electron chi connectivity index (χ4n) is 4.09. The lowest BCUT2D eigenvalue weighted by Crippen LogP contribution is -2.57.